The van der Waals surface area contributed by atoms with Crippen LogP contribution in [-0.2, 0) is 0 Å². The van der Waals surface area contributed by atoms with Crippen LogP contribution in [0.2, 0.25) is 0 Å². The Bertz CT molecular complexity index is 970. The van der Waals surface area contributed by atoms with Gasteiger partial charge in [-0.25, -0.2) is 4.39 Å². The lowest BCUT2D eigenvalue weighted by Gasteiger charge is -2.11. The second-order valence-electron chi connectivity index (χ2n) is 5.47. The molecule has 4 rings (SSSR count). The molecule has 0 fully saturated rings. The zero-order valence-electron chi connectivity index (χ0n) is 12.6. The summed E-state index contributed by atoms with van der Waals surface area (Å²) in [5.74, 6) is -0.212. The number of fused-ring (bicyclic) bond motifs is 2. The van der Waals surface area contributed by atoms with Crippen LogP contribution in [0.1, 0.15) is 5.56 Å². The Hall–Kier alpha value is -2.48. The highest BCUT2D eigenvalue weighted by atomic mass is 32.2. The maximum absolute atomic E-state index is 13.4. The van der Waals surface area contributed by atoms with Crippen molar-refractivity contribution in [3.63, 3.8) is 0 Å². The van der Waals surface area contributed by atoms with E-state index in [9.17, 15) is 4.39 Å². The van der Waals surface area contributed by atoms with Crippen LogP contribution in [0.4, 0.5) is 10.1 Å². The van der Waals surface area contributed by atoms with Gasteiger partial charge in [-0.05, 0) is 46.7 Å². The summed E-state index contributed by atoms with van der Waals surface area (Å²) in [6, 6.07) is 19.5. The maximum atomic E-state index is 13.4. The molecule has 0 bridgehead atoms. The van der Waals surface area contributed by atoms with Crippen LogP contribution >= 0.6 is 11.8 Å². The van der Waals surface area contributed by atoms with Crippen molar-refractivity contribution in [3.8, 4) is 0 Å². The molecule has 0 N–H and O–H groups in total. The topological polar surface area (TPSA) is 3.24 Å². The molecule has 1 nitrogen and oxygen atoms in total. The molecule has 0 saturated carbocycles. The van der Waals surface area contributed by atoms with E-state index in [0.717, 1.165) is 21.2 Å². The van der Waals surface area contributed by atoms with E-state index >= 15 is 0 Å². The molecule has 1 aliphatic rings. The molecule has 3 heteroatoms. The van der Waals surface area contributed by atoms with Crippen LogP contribution in [0.5, 0.6) is 0 Å². The third-order valence-corrected chi connectivity index (χ3v) is 5.08. The van der Waals surface area contributed by atoms with Gasteiger partial charge >= 0.3 is 0 Å². The van der Waals surface area contributed by atoms with E-state index < -0.39 is 0 Å². The number of benzene rings is 3. The number of hydrogen-bond donors (Lipinski definition) is 0. The first kappa shape index (κ1) is 14.1. The molecule has 0 aliphatic carbocycles. The Morgan fingerprint density at radius 1 is 1.00 bits per heavy atom. The number of thioether (sulfide) groups is 1. The average molecular weight is 319 g/mol. The molecule has 0 unspecified atom stereocenters. The zero-order valence-corrected chi connectivity index (χ0v) is 13.4. The Kier molecular flexibility index (Phi) is 3.45. The summed E-state index contributed by atoms with van der Waals surface area (Å²) in [5, 5.41) is 3.41. The summed E-state index contributed by atoms with van der Waals surface area (Å²) in [7, 11) is 1.94. The fourth-order valence-electron chi connectivity index (χ4n) is 2.69. The van der Waals surface area contributed by atoms with Gasteiger partial charge in [-0.1, -0.05) is 53.9 Å². The number of hydrogen-bond acceptors (Lipinski definition) is 2. The van der Waals surface area contributed by atoms with E-state index in [1.165, 1.54) is 16.8 Å². The highest BCUT2D eigenvalue weighted by molar-refractivity contribution is 8.03. The molecule has 0 atom stereocenters. The zero-order chi connectivity index (χ0) is 15.8. The molecule has 1 aliphatic heterocycles. The van der Waals surface area contributed by atoms with Crippen LogP contribution in [0.3, 0.4) is 0 Å². The Morgan fingerprint density at radius 3 is 2.70 bits per heavy atom. The Labute approximate surface area is 138 Å². The largest absolute Gasteiger partial charge is 0.332 e. The monoisotopic (exact) mass is 319 g/mol. The van der Waals surface area contributed by atoms with Crippen LogP contribution in [0.25, 0.3) is 16.8 Å². The predicted octanol–water partition coefficient (Wildman–Crippen LogP) is 5.67. The number of nitrogens with zero attached hydrogens (tertiary/aromatic N) is 1. The molecule has 0 amide bonds. The summed E-state index contributed by atoms with van der Waals surface area (Å²) in [4.78, 5) is 3.03. The highest BCUT2D eigenvalue weighted by Gasteiger charge is 2.21. The van der Waals surface area contributed by atoms with Gasteiger partial charge in [0.2, 0.25) is 0 Å². The van der Waals surface area contributed by atoms with Gasteiger partial charge in [0.1, 0.15) is 10.8 Å². The maximum Gasteiger partial charge on any atom is 0.125 e. The fourth-order valence-corrected chi connectivity index (χ4v) is 3.69. The standard InChI is InChI=1S/C20H14FNS/c1-22-18-13-17(21)9-10-19(18)23-20(22)11-7-14-6-8-15-4-2-3-5-16(15)12-14/h2-10,12-13H,1H3. The predicted molar refractivity (Wildman–Crippen MR) is 96.1 cm³/mol. The lowest BCUT2D eigenvalue weighted by atomic mass is 10.1. The molecule has 3 aromatic carbocycles. The first-order valence-electron chi connectivity index (χ1n) is 7.37. The first-order chi connectivity index (χ1) is 11.2. The van der Waals surface area contributed by atoms with Gasteiger partial charge in [0.05, 0.1) is 5.69 Å². The number of halogens is 1. The lowest BCUT2D eigenvalue weighted by molar-refractivity contribution is 0.627. The first-order valence-corrected chi connectivity index (χ1v) is 8.19. The van der Waals surface area contributed by atoms with Gasteiger partial charge in [0, 0.05) is 11.9 Å². The van der Waals surface area contributed by atoms with E-state index in [0.29, 0.717) is 0 Å². The quantitative estimate of drug-likeness (QED) is 0.531. The summed E-state index contributed by atoms with van der Waals surface area (Å²) in [6.45, 7) is 0. The molecule has 0 radical (unpaired) electrons. The van der Waals surface area contributed by atoms with E-state index in [-0.39, 0.29) is 5.82 Å². The van der Waals surface area contributed by atoms with Crippen molar-refractivity contribution in [1.82, 2.24) is 0 Å². The third kappa shape index (κ3) is 2.65. The van der Waals surface area contributed by atoms with Crippen LogP contribution in [0.15, 0.2) is 76.3 Å². The van der Waals surface area contributed by atoms with Crippen molar-refractivity contribution < 1.29 is 4.39 Å². The van der Waals surface area contributed by atoms with Gasteiger partial charge < -0.3 is 4.90 Å². The molecule has 0 saturated heterocycles. The van der Waals surface area contributed by atoms with Crippen molar-refractivity contribution in [2.24, 2.45) is 0 Å². The summed E-state index contributed by atoms with van der Waals surface area (Å²) < 4.78 is 13.4. The number of rotatable bonds is 1. The number of anilines is 1. The van der Waals surface area contributed by atoms with Crippen molar-refractivity contribution in [1.29, 1.82) is 0 Å². The fraction of sp³-hybridized carbons (Fsp3) is 0.0500. The van der Waals surface area contributed by atoms with E-state index in [1.807, 2.05) is 36.2 Å². The van der Waals surface area contributed by atoms with Crippen LogP contribution < -0.4 is 4.90 Å². The second kappa shape index (κ2) is 5.62. The summed E-state index contributed by atoms with van der Waals surface area (Å²) >= 11 is 1.61. The molecule has 23 heavy (non-hydrogen) atoms. The summed E-state index contributed by atoms with van der Waals surface area (Å²) in [6.07, 6.45) is 1.98. The highest BCUT2D eigenvalue weighted by Crippen LogP contribution is 2.44. The van der Waals surface area contributed by atoms with Gasteiger partial charge in [-0.2, -0.15) is 0 Å². The van der Waals surface area contributed by atoms with E-state index in [1.54, 1.807) is 17.8 Å². The molecule has 3 aromatic rings. The second-order valence-corrected chi connectivity index (χ2v) is 6.50. The van der Waals surface area contributed by atoms with Crippen molar-refractivity contribution >= 4 is 34.3 Å². The minimum absolute atomic E-state index is 0.212. The van der Waals surface area contributed by atoms with Gasteiger partial charge in [0.15, 0.2) is 0 Å². The van der Waals surface area contributed by atoms with Gasteiger partial charge in [-0.3, -0.25) is 0 Å². The van der Waals surface area contributed by atoms with Crippen molar-refractivity contribution in [2.75, 3.05) is 11.9 Å². The Morgan fingerprint density at radius 2 is 1.83 bits per heavy atom. The minimum atomic E-state index is -0.212. The van der Waals surface area contributed by atoms with Crippen LogP contribution in [-0.4, -0.2) is 7.05 Å². The Balaban J connectivity index is 1.71. The molecule has 0 spiro atoms. The third-order valence-electron chi connectivity index (χ3n) is 3.93. The van der Waals surface area contributed by atoms with E-state index in [4.69, 9.17) is 0 Å². The molecular weight excluding hydrogens is 305 g/mol. The van der Waals surface area contributed by atoms with Crippen molar-refractivity contribution in [3.05, 3.63) is 82.8 Å². The molecule has 0 aromatic heterocycles. The molecule has 112 valence electrons. The average Bonchev–Trinajstić information content (AvgIpc) is 2.89. The van der Waals surface area contributed by atoms with E-state index in [2.05, 4.69) is 36.1 Å². The lowest BCUT2D eigenvalue weighted by Crippen LogP contribution is -2.08. The van der Waals surface area contributed by atoms with Crippen molar-refractivity contribution in [2.45, 2.75) is 4.90 Å². The van der Waals surface area contributed by atoms with Gasteiger partial charge in [-0.15, -0.1) is 0 Å². The molecule has 1 heterocycles. The van der Waals surface area contributed by atoms with Crippen LogP contribution in [0, 0.1) is 5.82 Å². The SMILES string of the molecule is CN1C(=C=Cc2ccc3ccccc3c2)Sc2ccc(F)cc21. The minimum Gasteiger partial charge on any atom is -0.332 e. The molecular formula is C20H14FNS. The summed E-state index contributed by atoms with van der Waals surface area (Å²) in [5.41, 5.74) is 5.33. The normalized spacial score (nSPS) is 13.1. The van der Waals surface area contributed by atoms with Gasteiger partial charge in [0.25, 0.3) is 0 Å². The smallest absolute Gasteiger partial charge is 0.125 e.